The number of nitrogens with one attached hydrogen (secondary N) is 1. The van der Waals surface area contributed by atoms with Gasteiger partial charge in [0.1, 0.15) is 0 Å². The summed E-state index contributed by atoms with van der Waals surface area (Å²) < 4.78 is 6.47. The van der Waals surface area contributed by atoms with Crippen LogP contribution in [0.3, 0.4) is 0 Å². The topological polar surface area (TPSA) is 47.3 Å². The Labute approximate surface area is 148 Å². The third kappa shape index (κ3) is 2.77. The highest BCUT2D eigenvalue weighted by Crippen LogP contribution is 2.50. The monoisotopic (exact) mass is 342 g/mol. The fourth-order valence-corrected chi connectivity index (χ4v) is 4.79. The standard InChI is InChI=1S/C20H26N2OS/c1-12(2)13-3-6-18-17(9-13)20-16(5-4-15(10-21)23-20)19(22-18)14-7-8-24-11-14/h3,6-9,11-12,15-16,19-20,22H,4-5,10,21H2,1-2H3/t15?,16?,19-,20?/m0/s1. The second-order valence-corrected chi connectivity index (χ2v) is 8.12. The third-order valence-electron chi connectivity index (χ3n) is 5.50. The number of ether oxygens (including phenoxy) is 1. The lowest BCUT2D eigenvalue weighted by atomic mass is 9.76. The molecule has 1 aromatic heterocycles. The molecule has 0 aliphatic carbocycles. The van der Waals surface area contributed by atoms with Crippen molar-refractivity contribution in [3.8, 4) is 0 Å². The predicted molar refractivity (Wildman–Crippen MR) is 101 cm³/mol. The zero-order valence-electron chi connectivity index (χ0n) is 14.4. The van der Waals surface area contributed by atoms with Crippen molar-refractivity contribution in [1.82, 2.24) is 0 Å². The molecule has 1 fully saturated rings. The van der Waals surface area contributed by atoms with Crippen LogP contribution in [0.25, 0.3) is 0 Å². The zero-order valence-corrected chi connectivity index (χ0v) is 15.2. The van der Waals surface area contributed by atoms with Gasteiger partial charge in [-0.3, -0.25) is 0 Å². The summed E-state index contributed by atoms with van der Waals surface area (Å²) in [4.78, 5) is 0. The minimum absolute atomic E-state index is 0.146. The maximum Gasteiger partial charge on any atom is 0.0900 e. The number of nitrogens with two attached hydrogens (primary N) is 1. The Morgan fingerprint density at radius 1 is 1.29 bits per heavy atom. The van der Waals surface area contributed by atoms with Crippen LogP contribution in [0.1, 0.15) is 61.4 Å². The van der Waals surface area contributed by atoms with E-state index in [-0.39, 0.29) is 12.2 Å². The van der Waals surface area contributed by atoms with Gasteiger partial charge in [-0.2, -0.15) is 11.3 Å². The number of benzene rings is 1. The van der Waals surface area contributed by atoms with Crippen LogP contribution in [0.4, 0.5) is 5.69 Å². The van der Waals surface area contributed by atoms with Crippen LogP contribution in [0.15, 0.2) is 35.0 Å². The van der Waals surface area contributed by atoms with Gasteiger partial charge < -0.3 is 15.8 Å². The summed E-state index contributed by atoms with van der Waals surface area (Å²) in [7, 11) is 0. The maximum atomic E-state index is 6.47. The smallest absolute Gasteiger partial charge is 0.0900 e. The molecule has 3 unspecified atom stereocenters. The van der Waals surface area contributed by atoms with Crippen molar-refractivity contribution in [2.75, 3.05) is 11.9 Å². The Kier molecular flexibility index (Phi) is 4.37. The fraction of sp³-hybridized carbons (Fsp3) is 0.500. The van der Waals surface area contributed by atoms with Gasteiger partial charge in [-0.1, -0.05) is 26.0 Å². The molecule has 4 rings (SSSR count). The van der Waals surface area contributed by atoms with Crippen molar-refractivity contribution < 1.29 is 4.74 Å². The molecular formula is C20H26N2OS. The summed E-state index contributed by atoms with van der Waals surface area (Å²) in [6.07, 6.45) is 2.54. The van der Waals surface area contributed by atoms with Crippen molar-refractivity contribution in [1.29, 1.82) is 0 Å². The van der Waals surface area contributed by atoms with Crippen LogP contribution in [0, 0.1) is 5.92 Å². The van der Waals surface area contributed by atoms with Crippen LogP contribution >= 0.6 is 11.3 Å². The number of thiophene rings is 1. The Hall–Kier alpha value is -1.36. The first-order chi connectivity index (χ1) is 11.7. The summed E-state index contributed by atoms with van der Waals surface area (Å²) >= 11 is 1.76. The second kappa shape index (κ2) is 6.51. The van der Waals surface area contributed by atoms with Crippen LogP contribution in [-0.2, 0) is 4.74 Å². The van der Waals surface area contributed by atoms with E-state index in [2.05, 4.69) is 54.2 Å². The molecule has 2 aromatic rings. The average molecular weight is 343 g/mol. The van der Waals surface area contributed by atoms with Gasteiger partial charge in [0.2, 0.25) is 0 Å². The van der Waals surface area contributed by atoms with E-state index in [1.165, 1.54) is 22.4 Å². The molecule has 3 nitrogen and oxygen atoms in total. The maximum absolute atomic E-state index is 6.47. The highest BCUT2D eigenvalue weighted by molar-refractivity contribution is 7.08. The summed E-state index contributed by atoms with van der Waals surface area (Å²) in [5.41, 5.74) is 11.2. The highest BCUT2D eigenvalue weighted by Gasteiger charge is 2.42. The van der Waals surface area contributed by atoms with Gasteiger partial charge in [-0.05, 0) is 52.8 Å². The Morgan fingerprint density at radius 2 is 2.17 bits per heavy atom. The minimum atomic E-state index is 0.146. The lowest BCUT2D eigenvalue weighted by Gasteiger charge is -2.45. The second-order valence-electron chi connectivity index (χ2n) is 7.34. The van der Waals surface area contributed by atoms with E-state index in [0.717, 1.165) is 12.8 Å². The molecule has 2 aliphatic rings. The quantitative estimate of drug-likeness (QED) is 0.839. The molecule has 24 heavy (non-hydrogen) atoms. The Morgan fingerprint density at radius 3 is 2.88 bits per heavy atom. The van der Waals surface area contributed by atoms with E-state index in [9.17, 15) is 0 Å². The van der Waals surface area contributed by atoms with Crippen molar-refractivity contribution in [3.05, 3.63) is 51.7 Å². The van der Waals surface area contributed by atoms with E-state index >= 15 is 0 Å². The summed E-state index contributed by atoms with van der Waals surface area (Å²) in [5.74, 6) is 0.995. The number of fused-ring (bicyclic) bond motifs is 3. The number of anilines is 1. The van der Waals surface area contributed by atoms with Crippen LogP contribution in [0.5, 0.6) is 0 Å². The largest absolute Gasteiger partial charge is 0.378 e. The molecule has 0 spiro atoms. The molecule has 4 heteroatoms. The SMILES string of the molecule is CC(C)c1ccc2c(c1)C1OC(CN)CCC1[C@H](c1ccsc1)N2. The van der Waals surface area contributed by atoms with Gasteiger partial charge in [0.05, 0.1) is 18.2 Å². The first kappa shape index (κ1) is 16.1. The molecule has 0 radical (unpaired) electrons. The molecule has 1 aromatic carbocycles. The molecule has 0 saturated carbocycles. The van der Waals surface area contributed by atoms with E-state index in [0.29, 0.717) is 24.4 Å². The first-order valence-electron chi connectivity index (χ1n) is 8.95. The Bertz CT molecular complexity index is 698. The lowest BCUT2D eigenvalue weighted by Crippen LogP contribution is -2.41. The summed E-state index contributed by atoms with van der Waals surface area (Å²) in [5, 5.41) is 8.22. The third-order valence-corrected chi connectivity index (χ3v) is 6.20. The average Bonchev–Trinajstić information content (AvgIpc) is 3.14. The molecule has 3 heterocycles. The van der Waals surface area contributed by atoms with Crippen LogP contribution in [-0.4, -0.2) is 12.6 Å². The van der Waals surface area contributed by atoms with E-state index in [1.807, 2.05) is 0 Å². The van der Waals surface area contributed by atoms with Crippen molar-refractivity contribution >= 4 is 17.0 Å². The molecule has 1 saturated heterocycles. The highest BCUT2D eigenvalue weighted by atomic mass is 32.1. The molecule has 3 N–H and O–H groups in total. The molecule has 2 aliphatic heterocycles. The lowest BCUT2D eigenvalue weighted by molar-refractivity contribution is -0.0887. The van der Waals surface area contributed by atoms with E-state index in [1.54, 1.807) is 11.3 Å². The van der Waals surface area contributed by atoms with Gasteiger partial charge >= 0.3 is 0 Å². The molecule has 0 bridgehead atoms. The van der Waals surface area contributed by atoms with Crippen molar-refractivity contribution in [3.63, 3.8) is 0 Å². The number of hydrogen-bond acceptors (Lipinski definition) is 4. The van der Waals surface area contributed by atoms with Crippen LogP contribution in [0.2, 0.25) is 0 Å². The summed E-state index contributed by atoms with van der Waals surface area (Å²) in [6, 6.07) is 9.38. The molecule has 4 atom stereocenters. The van der Waals surface area contributed by atoms with E-state index < -0.39 is 0 Å². The van der Waals surface area contributed by atoms with Gasteiger partial charge in [0.15, 0.2) is 0 Å². The van der Waals surface area contributed by atoms with Crippen LogP contribution < -0.4 is 11.1 Å². The van der Waals surface area contributed by atoms with Gasteiger partial charge in [0, 0.05) is 23.7 Å². The zero-order chi connectivity index (χ0) is 16.7. The number of hydrogen-bond donors (Lipinski definition) is 2. The van der Waals surface area contributed by atoms with Gasteiger partial charge in [-0.25, -0.2) is 0 Å². The minimum Gasteiger partial charge on any atom is -0.378 e. The Balaban J connectivity index is 1.76. The van der Waals surface area contributed by atoms with Crippen molar-refractivity contribution in [2.45, 2.75) is 50.9 Å². The summed E-state index contributed by atoms with van der Waals surface area (Å²) in [6.45, 7) is 5.10. The molecular weight excluding hydrogens is 316 g/mol. The number of rotatable bonds is 3. The predicted octanol–water partition coefficient (Wildman–Crippen LogP) is 4.83. The van der Waals surface area contributed by atoms with Gasteiger partial charge in [0.25, 0.3) is 0 Å². The fourth-order valence-electron chi connectivity index (χ4n) is 4.09. The van der Waals surface area contributed by atoms with Crippen molar-refractivity contribution in [2.24, 2.45) is 11.7 Å². The molecule has 128 valence electrons. The van der Waals surface area contributed by atoms with E-state index in [4.69, 9.17) is 10.5 Å². The molecule has 0 amide bonds. The normalized spacial score (nSPS) is 29.0. The first-order valence-corrected chi connectivity index (χ1v) is 9.89. The van der Waals surface area contributed by atoms with Gasteiger partial charge in [-0.15, -0.1) is 0 Å².